The molecule has 1 aromatic heterocycles. The molecule has 112 valence electrons. The van der Waals surface area contributed by atoms with E-state index in [9.17, 15) is 4.79 Å². The Hall–Kier alpha value is -2.46. The molecule has 3 rings (SSSR count). The second-order valence-corrected chi connectivity index (χ2v) is 5.57. The fraction of sp³-hybridized carbons (Fsp3) is 0.222. The average molecular weight is 294 g/mol. The van der Waals surface area contributed by atoms with Crippen LogP contribution in [0.2, 0.25) is 0 Å². The number of esters is 1. The lowest BCUT2D eigenvalue weighted by Crippen LogP contribution is -2.23. The zero-order valence-electron chi connectivity index (χ0n) is 12.7. The summed E-state index contributed by atoms with van der Waals surface area (Å²) in [5, 5.41) is 2.16. The summed E-state index contributed by atoms with van der Waals surface area (Å²) < 4.78 is 5.34. The molecule has 0 saturated carbocycles. The molecule has 0 radical (unpaired) electrons. The maximum Gasteiger partial charge on any atom is 0.320 e. The van der Waals surface area contributed by atoms with Gasteiger partial charge >= 0.3 is 5.97 Å². The van der Waals surface area contributed by atoms with Gasteiger partial charge in [-0.1, -0.05) is 36.4 Å². The number of para-hydroxylation sites is 2. The zero-order chi connectivity index (χ0) is 15.5. The molecule has 0 N–H and O–H groups in total. The fourth-order valence-electron chi connectivity index (χ4n) is 2.44. The highest BCUT2D eigenvalue weighted by molar-refractivity contribution is 5.94. The molecule has 4 nitrogen and oxygen atoms in total. The third kappa shape index (κ3) is 3.07. The molecule has 0 amide bonds. The van der Waals surface area contributed by atoms with Gasteiger partial charge in [0.15, 0.2) is 0 Å². The first-order valence-electron chi connectivity index (χ1n) is 7.21. The van der Waals surface area contributed by atoms with Gasteiger partial charge in [0.05, 0.1) is 17.6 Å². The maximum atomic E-state index is 11.7. The van der Waals surface area contributed by atoms with Crippen molar-refractivity contribution in [2.45, 2.75) is 6.61 Å². The van der Waals surface area contributed by atoms with Crippen LogP contribution in [0.15, 0.2) is 48.5 Å². The summed E-state index contributed by atoms with van der Waals surface area (Å²) in [4.78, 5) is 18.2. The lowest BCUT2D eigenvalue weighted by molar-refractivity contribution is -0.145. The highest BCUT2D eigenvalue weighted by atomic mass is 16.5. The second kappa shape index (κ2) is 6.12. The Kier molecular flexibility index (Phi) is 4.02. The molecule has 2 aromatic carbocycles. The Balaban J connectivity index is 1.92. The largest absolute Gasteiger partial charge is 0.460 e. The van der Waals surface area contributed by atoms with Gasteiger partial charge in [-0.25, -0.2) is 4.98 Å². The van der Waals surface area contributed by atoms with Crippen molar-refractivity contribution in [2.75, 3.05) is 20.6 Å². The van der Waals surface area contributed by atoms with Crippen molar-refractivity contribution in [1.82, 2.24) is 9.88 Å². The van der Waals surface area contributed by atoms with E-state index in [2.05, 4.69) is 6.07 Å². The van der Waals surface area contributed by atoms with Gasteiger partial charge in [0, 0.05) is 16.3 Å². The van der Waals surface area contributed by atoms with Crippen molar-refractivity contribution >= 4 is 27.8 Å². The summed E-state index contributed by atoms with van der Waals surface area (Å²) in [7, 11) is 3.68. The molecule has 3 aromatic rings. The number of nitrogens with zero attached hydrogens (tertiary/aromatic N) is 2. The van der Waals surface area contributed by atoms with Gasteiger partial charge in [0.2, 0.25) is 0 Å². The van der Waals surface area contributed by atoms with Gasteiger partial charge in [-0.2, -0.15) is 0 Å². The predicted molar refractivity (Wildman–Crippen MR) is 87.6 cm³/mol. The van der Waals surface area contributed by atoms with Gasteiger partial charge in [-0.15, -0.1) is 0 Å². The fourth-order valence-corrected chi connectivity index (χ4v) is 2.44. The molecule has 0 atom stereocenters. The number of carbonyl (C=O) groups is 1. The van der Waals surface area contributed by atoms with Crippen LogP contribution < -0.4 is 0 Å². The van der Waals surface area contributed by atoms with Crippen LogP contribution in [0.5, 0.6) is 0 Å². The molecule has 0 fully saturated rings. The Morgan fingerprint density at radius 2 is 1.86 bits per heavy atom. The molecule has 0 aliphatic carbocycles. The Bertz CT molecular complexity index is 828. The van der Waals surface area contributed by atoms with E-state index in [1.54, 1.807) is 4.90 Å². The van der Waals surface area contributed by atoms with Crippen LogP contribution in [0.3, 0.4) is 0 Å². The number of hydrogen-bond acceptors (Lipinski definition) is 4. The minimum atomic E-state index is -0.234. The first-order chi connectivity index (χ1) is 10.6. The van der Waals surface area contributed by atoms with E-state index < -0.39 is 0 Å². The topological polar surface area (TPSA) is 42.4 Å². The van der Waals surface area contributed by atoms with Gasteiger partial charge < -0.3 is 4.74 Å². The summed E-state index contributed by atoms with van der Waals surface area (Å²) >= 11 is 0. The van der Waals surface area contributed by atoms with Crippen LogP contribution in [0, 0.1) is 0 Å². The molecule has 0 bridgehead atoms. The number of rotatable bonds is 4. The third-order valence-electron chi connectivity index (χ3n) is 3.46. The van der Waals surface area contributed by atoms with Crippen LogP contribution in [0.25, 0.3) is 21.8 Å². The summed E-state index contributed by atoms with van der Waals surface area (Å²) in [6.45, 7) is 0.524. The minimum Gasteiger partial charge on any atom is -0.460 e. The third-order valence-corrected chi connectivity index (χ3v) is 3.46. The van der Waals surface area contributed by atoms with Crippen LogP contribution >= 0.6 is 0 Å². The number of ether oxygens (including phenoxy) is 1. The number of carbonyl (C=O) groups excluding carboxylic acids is 1. The van der Waals surface area contributed by atoms with Gasteiger partial charge in [0.25, 0.3) is 0 Å². The van der Waals surface area contributed by atoms with Crippen molar-refractivity contribution in [1.29, 1.82) is 0 Å². The van der Waals surface area contributed by atoms with Gasteiger partial charge in [-0.3, -0.25) is 9.69 Å². The zero-order valence-corrected chi connectivity index (χ0v) is 12.7. The Morgan fingerprint density at radius 1 is 1.09 bits per heavy atom. The lowest BCUT2D eigenvalue weighted by Gasteiger charge is -2.11. The molecule has 4 heteroatoms. The van der Waals surface area contributed by atoms with Crippen molar-refractivity contribution in [3.63, 3.8) is 0 Å². The normalized spacial score (nSPS) is 11.2. The Labute approximate surface area is 129 Å². The highest BCUT2D eigenvalue weighted by Crippen LogP contribution is 2.22. The quantitative estimate of drug-likeness (QED) is 0.548. The molecule has 0 unspecified atom stereocenters. The van der Waals surface area contributed by atoms with Crippen LogP contribution in [0.4, 0.5) is 0 Å². The molecular formula is C18H18N2O2. The Morgan fingerprint density at radius 3 is 2.68 bits per heavy atom. The number of hydrogen-bond donors (Lipinski definition) is 0. The molecule has 0 saturated heterocycles. The lowest BCUT2D eigenvalue weighted by atomic mass is 10.1. The number of aromatic nitrogens is 1. The van der Waals surface area contributed by atoms with Crippen molar-refractivity contribution < 1.29 is 9.53 Å². The minimum absolute atomic E-state index is 0.234. The molecule has 0 aliphatic rings. The van der Waals surface area contributed by atoms with Crippen molar-refractivity contribution in [3.05, 3.63) is 54.1 Å². The number of fused-ring (bicyclic) bond motifs is 2. The smallest absolute Gasteiger partial charge is 0.320 e. The highest BCUT2D eigenvalue weighted by Gasteiger charge is 2.08. The second-order valence-electron chi connectivity index (χ2n) is 5.57. The number of benzene rings is 2. The van der Waals surface area contributed by atoms with Crippen molar-refractivity contribution in [3.8, 4) is 0 Å². The molecule has 0 aliphatic heterocycles. The first-order valence-corrected chi connectivity index (χ1v) is 7.21. The molecular weight excluding hydrogens is 276 g/mol. The average Bonchev–Trinajstić information content (AvgIpc) is 2.50. The summed E-state index contributed by atoms with van der Waals surface area (Å²) in [6, 6.07) is 16.1. The van der Waals surface area contributed by atoms with Gasteiger partial charge in [-0.05, 0) is 26.2 Å². The van der Waals surface area contributed by atoms with E-state index in [-0.39, 0.29) is 19.1 Å². The van der Waals surface area contributed by atoms with E-state index in [0.717, 1.165) is 27.4 Å². The number of pyridine rings is 1. The predicted octanol–water partition coefficient (Wildman–Crippen LogP) is 2.99. The van der Waals surface area contributed by atoms with E-state index in [4.69, 9.17) is 9.72 Å². The van der Waals surface area contributed by atoms with E-state index in [1.807, 2.05) is 56.6 Å². The molecule has 1 heterocycles. The van der Waals surface area contributed by atoms with Crippen LogP contribution in [0.1, 0.15) is 5.56 Å². The summed E-state index contributed by atoms with van der Waals surface area (Å²) in [6.07, 6.45) is 0. The van der Waals surface area contributed by atoms with E-state index in [1.165, 1.54) is 0 Å². The molecule has 22 heavy (non-hydrogen) atoms. The summed E-state index contributed by atoms with van der Waals surface area (Å²) in [5.74, 6) is -0.234. The van der Waals surface area contributed by atoms with Crippen LogP contribution in [-0.2, 0) is 16.1 Å². The molecule has 0 spiro atoms. The standard InChI is InChI=1S/C18H18N2O2/c1-20(2)11-17(21)22-12-15-8-5-7-14-10-13-6-3-4-9-16(13)19-18(14)15/h3-10H,11-12H2,1-2H3. The SMILES string of the molecule is CN(C)CC(=O)OCc1cccc2cc3ccccc3nc12. The first kappa shape index (κ1) is 14.5. The number of likely N-dealkylation sites (N-methyl/N-ethyl adjacent to an activating group) is 1. The van der Waals surface area contributed by atoms with Crippen molar-refractivity contribution in [2.24, 2.45) is 0 Å². The van der Waals surface area contributed by atoms with Crippen LogP contribution in [-0.4, -0.2) is 36.5 Å². The summed E-state index contributed by atoms with van der Waals surface area (Å²) in [5.41, 5.74) is 2.76. The monoisotopic (exact) mass is 294 g/mol. The van der Waals surface area contributed by atoms with Gasteiger partial charge in [0.1, 0.15) is 6.61 Å². The van der Waals surface area contributed by atoms with E-state index in [0.29, 0.717) is 0 Å². The van der Waals surface area contributed by atoms with E-state index >= 15 is 0 Å². The maximum absolute atomic E-state index is 11.7.